The molecule has 0 bridgehead atoms. The summed E-state index contributed by atoms with van der Waals surface area (Å²) in [5, 5.41) is 3.33. The maximum Gasteiger partial charge on any atom is 0.292 e. The number of amides is 2. The normalized spacial score (nSPS) is 10.9. The smallest absolute Gasteiger partial charge is 0.292 e. The SMILES string of the molecule is Cc1nc2c(Cl)cccn2c1NC(=O)c1ccc(-c2ccc(C(=O)N(C)C)cc2)o1. The molecule has 0 spiro atoms. The number of rotatable bonds is 4. The topological polar surface area (TPSA) is 79.8 Å². The first-order valence-corrected chi connectivity index (χ1v) is 9.59. The van der Waals surface area contributed by atoms with Gasteiger partial charge in [0.25, 0.3) is 11.8 Å². The van der Waals surface area contributed by atoms with E-state index in [-0.39, 0.29) is 11.7 Å². The summed E-state index contributed by atoms with van der Waals surface area (Å²) in [6.45, 7) is 1.79. The molecular weight excluding hydrogens is 404 g/mol. The number of anilines is 1. The van der Waals surface area contributed by atoms with Gasteiger partial charge in [0, 0.05) is 31.4 Å². The number of imidazole rings is 1. The molecule has 0 saturated carbocycles. The number of hydrogen-bond acceptors (Lipinski definition) is 4. The molecule has 0 fully saturated rings. The number of fused-ring (bicyclic) bond motifs is 1. The van der Waals surface area contributed by atoms with Gasteiger partial charge in [-0.25, -0.2) is 4.98 Å². The minimum atomic E-state index is -0.398. The molecule has 4 aromatic rings. The van der Waals surface area contributed by atoms with Crippen LogP contribution in [-0.2, 0) is 0 Å². The monoisotopic (exact) mass is 422 g/mol. The molecule has 152 valence electrons. The van der Waals surface area contributed by atoms with E-state index >= 15 is 0 Å². The van der Waals surface area contributed by atoms with E-state index in [9.17, 15) is 9.59 Å². The van der Waals surface area contributed by atoms with Crippen LogP contribution in [0.1, 0.15) is 26.6 Å². The highest BCUT2D eigenvalue weighted by atomic mass is 35.5. The minimum Gasteiger partial charge on any atom is -0.451 e. The van der Waals surface area contributed by atoms with E-state index in [2.05, 4.69) is 10.3 Å². The Morgan fingerprint density at radius 1 is 1.10 bits per heavy atom. The summed E-state index contributed by atoms with van der Waals surface area (Å²) >= 11 is 6.18. The number of hydrogen-bond donors (Lipinski definition) is 1. The first-order valence-electron chi connectivity index (χ1n) is 9.21. The highest BCUT2D eigenvalue weighted by Gasteiger charge is 2.18. The lowest BCUT2D eigenvalue weighted by Crippen LogP contribution is -2.21. The fourth-order valence-electron chi connectivity index (χ4n) is 3.12. The number of aromatic nitrogens is 2. The lowest BCUT2D eigenvalue weighted by molar-refractivity contribution is 0.0827. The van der Waals surface area contributed by atoms with E-state index in [0.717, 1.165) is 5.56 Å². The molecule has 0 radical (unpaired) electrons. The molecule has 1 N–H and O–H groups in total. The number of carbonyl (C=O) groups is 2. The van der Waals surface area contributed by atoms with Crippen molar-refractivity contribution in [1.82, 2.24) is 14.3 Å². The number of carbonyl (C=O) groups excluding carboxylic acids is 2. The van der Waals surface area contributed by atoms with Crippen molar-refractivity contribution >= 4 is 34.9 Å². The number of aryl methyl sites for hydroxylation is 1. The molecule has 3 aromatic heterocycles. The maximum atomic E-state index is 12.7. The van der Waals surface area contributed by atoms with Crippen molar-refractivity contribution in [3.8, 4) is 11.3 Å². The van der Waals surface area contributed by atoms with Gasteiger partial charge in [-0.05, 0) is 43.3 Å². The molecule has 0 atom stereocenters. The van der Waals surface area contributed by atoms with Crippen LogP contribution in [0.25, 0.3) is 17.0 Å². The van der Waals surface area contributed by atoms with Gasteiger partial charge >= 0.3 is 0 Å². The molecule has 8 heteroatoms. The van der Waals surface area contributed by atoms with Crippen molar-refractivity contribution < 1.29 is 14.0 Å². The Morgan fingerprint density at radius 3 is 2.53 bits per heavy atom. The molecule has 4 rings (SSSR count). The highest BCUT2D eigenvalue weighted by molar-refractivity contribution is 6.33. The molecule has 0 aliphatic heterocycles. The molecule has 0 saturated heterocycles. The molecule has 3 heterocycles. The summed E-state index contributed by atoms with van der Waals surface area (Å²) in [4.78, 5) is 30.7. The Bertz CT molecular complexity index is 1260. The van der Waals surface area contributed by atoms with Crippen LogP contribution in [0.4, 0.5) is 5.82 Å². The van der Waals surface area contributed by atoms with E-state index in [1.807, 2.05) is 0 Å². The number of furan rings is 1. The van der Waals surface area contributed by atoms with Gasteiger partial charge in [0.2, 0.25) is 0 Å². The molecular formula is C22H19ClN4O3. The van der Waals surface area contributed by atoms with E-state index in [4.69, 9.17) is 16.0 Å². The Balaban J connectivity index is 1.56. The van der Waals surface area contributed by atoms with Gasteiger partial charge in [0.1, 0.15) is 11.6 Å². The largest absolute Gasteiger partial charge is 0.451 e. The summed E-state index contributed by atoms with van der Waals surface area (Å²) in [5.74, 6) is 0.744. The van der Waals surface area contributed by atoms with Gasteiger partial charge in [0.05, 0.1) is 10.7 Å². The van der Waals surface area contributed by atoms with Crippen molar-refractivity contribution in [2.75, 3.05) is 19.4 Å². The third-order valence-electron chi connectivity index (χ3n) is 4.66. The Kier molecular flexibility index (Phi) is 5.05. The van der Waals surface area contributed by atoms with Gasteiger partial charge < -0.3 is 14.6 Å². The molecule has 0 aliphatic rings. The van der Waals surface area contributed by atoms with Crippen molar-refractivity contribution in [1.29, 1.82) is 0 Å². The van der Waals surface area contributed by atoms with E-state index in [0.29, 0.717) is 33.5 Å². The van der Waals surface area contributed by atoms with Crippen LogP contribution in [0.2, 0.25) is 5.02 Å². The number of nitrogens with zero attached hydrogens (tertiary/aromatic N) is 3. The van der Waals surface area contributed by atoms with Crippen LogP contribution < -0.4 is 5.32 Å². The first-order chi connectivity index (χ1) is 14.3. The lowest BCUT2D eigenvalue weighted by Gasteiger charge is -2.10. The fourth-order valence-corrected chi connectivity index (χ4v) is 3.32. The summed E-state index contributed by atoms with van der Waals surface area (Å²) < 4.78 is 7.46. The number of nitrogens with one attached hydrogen (secondary N) is 1. The molecule has 2 amide bonds. The molecule has 0 aliphatic carbocycles. The lowest BCUT2D eigenvalue weighted by atomic mass is 10.1. The standard InChI is InChI=1S/C22H19ClN4O3/c1-13-19(27-12-4-5-16(23)20(27)24-13)25-21(28)18-11-10-17(30-18)14-6-8-15(9-7-14)22(29)26(2)3/h4-12H,1-3H3,(H,25,28). The second-order valence-corrected chi connectivity index (χ2v) is 7.40. The summed E-state index contributed by atoms with van der Waals surface area (Å²) in [5.41, 5.74) is 2.56. The Labute approximate surface area is 177 Å². The van der Waals surface area contributed by atoms with Gasteiger partial charge in [-0.2, -0.15) is 0 Å². The number of pyridine rings is 1. The average Bonchev–Trinajstić information content (AvgIpc) is 3.34. The van der Waals surface area contributed by atoms with E-state index in [1.165, 1.54) is 4.90 Å². The summed E-state index contributed by atoms with van der Waals surface area (Å²) in [7, 11) is 3.40. The fraction of sp³-hybridized carbons (Fsp3) is 0.136. The van der Waals surface area contributed by atoms with Crippen LogP contribution in [0.15, 0.2) is 59.1 Å². The van der Waals surface area contributed by atoms with E-state index < -0.39 is 5.91 Å². The maximum absolute atomic E-state index is 12.7. The highest BCUT2D eigenvalue weighted by Crippen LogP contribution is 2.26. The van der Waals surface area contributed by atoms with Crippen LogP contribution >= 0.6 is 11.6 Å². The third kappa shape index (κ3) is 3.55. The van der Waals surface area contributed by atoms with Gasteiger partial charge in [-0.15, -0.1) is 0 Å². The van der Waals surface area contributed by atoms with Crippen molar-refractivity contribution in [2.24, 2.45) is 0 Å². The van der Waals surface area contributed by atoms with Crippen LogP contribution in [-0.4, -0.2) is 40.2 Å². The molecule has 0 unspecified atom stereocenters. The minimum absolute atomic E-state index is 0.0791. The first kappa shape index (κ1) is 19.7. The van der Waals surface area contributed by atoms with Crippen molar-refractivity contribution in [3.63, 3.8) is 0 Å². The molecule has 7 nitrogen and oxygen atoms in total. The van der Waals surface area contributed by atoms with Crippen LogP contribution in [0.5, 0.6) is 0 Å². The second-order valence-electron chi connectivity index (χ2n) is 6.99. The zero-order valence-electron chi connectivity index (χ0n) is 16.6. The zero-order chi connectivity index (χ0) is 21.4. The molecule has 1 aromatic carbocycles. The molecule has 30 heavy (non-hydrogen) atoms. The predicted molar refractivity (Wildman–Crippen MR) is 115 cm³/mol. The Hall–Kier alpha value is -3.58. The van der Waals surface area contributed by atoms with Gasteiger partial charge in [-0.3, -0.25) is 14.0 Å². The van der Waals surface area contributed by atoms with Crippen LogP contribution in [0, 0.1) is 6.92 Å². The number of halogens is 1. The van der Waals surface area contributed by atoms with Crippen molar-refractivity contribution in [2.45, 2.75) is 6.92 Å². The van der Waals surface area contributed by atoms with E-state index in [1.54, 1.807) is 80.1 Å². The predicted octanol–water partition coefficient (Wildman–Crippen LogP) is 4.51. The van der Waals surface area contributed by atoms with Crippen LogP contribution in [0.3, 0.4) is 0 Å². The quantitative estimate of drug-likeness (QED) is 0.524. The number of benzene rings is 1. The van der Waals surface area contributed by atoms with Gasteiger partial charge in [0.15, 0.2) is 11.4 Å². The average molecular weight is 423 g/mol. The third-order valence-corrected chi connectivity index (χ3v) is 4.96. The Morgan fingerprint density at radius 2 is 1.83 bits per heavy atom. The van der Waals surface area contributed by atoms with Crippen molar-refractivity contribution in [3.05, 3.63) is 76.8 Å². The summed E-state index contributed by atoms with van der Waals surface area (Å²) in [6, 6.07) is 13.9. The zero-order valence-corrected chi connectivity index (χ0v) is 17.4. The van der Waals surface area contributed by atoms with Gasteiger partial charge in [-0.1, -0.05) is 23.7 Å². The second kappa shape index (κ2) is 7.68. The summed E-state index contributed by atoms with van der Waals surface area (Å²) in [6.07, 6.45) is 1.78.